The van der Waals surface area contributed by atoms with Crippen molar-refractivity contribution in [3.05, 3.63) is 28.8 Å². The van der Waals surface area contributed by atoms with Crippen LogP contribution in [0.1, 0.15) is 6.92 Å². The minimum Gasteiger partial charge on any atom is -0.378 e. The van der Waals surface area contributed by atoms with Crippen molar-refractivity contribution < 1.29 is 9.53 Å². The lowest BCUT2D eigenvalue weighted by Gasteiger charge is -2.16. The number of aromatic nitrogens is 4. The van der Waals surface area contributed by atoms with Gasteiger partial charge in [-0.05, 0) is 13.0 Å². The standard InChI is InChI=1S/C13H18N6O3/c1-3-4-9(20)15-5-8(22-2)6-19-7-16-10-11(19)17-13(14)18-12(10)21/h3-4,7-8H,5-6H2,1-2H3,(H,15,20)(H3,14,17,18,21)/b4-3-/t8-/m1/s1. The third-order valence-electron chi connectivity index (χ3n) is 3.05. The molecule has 22 heavy (non-hydrogen) atoms. The van der Waals surface area contributed by atoms with E-state index < -0.39 is 5.56 Å². The number of rotatable bonds is 6. The molecular weight excluding hydrogens is 288 g/mol. The van der Waals surface area contributed by atoms with Gasteiger partial charge in [-0.25, -0.2) is 4.98 Å². The van der Waals surface area contributed by atoms with E-state index in [0.717, 1.165) is 0 Å². The number of allylic oxidation sites excluding steroid dienone is 1. The molecule has 118 valence electrons. The number of hydrogen-bond donors (Lipinski definition) is 3. The summed E-state index contributed by atoms with van der Waals surface area (Å²) in [5.74, 6) is -0.173. The van der Waals surface area contributed by atoms with Gasteiger partial charge in [-0.3, -0.25) is 14.6 Å². The first-order valence-corrected chi connectivity index (χ1v) is 6.69. The Balaban J connectivity index is 2.14. The van der Waals surface area contributed by atoms with Crippen molar-refractivity contribution in [1.29, 1.82) is 0 Å². The van der Waals surface area contributed by atoms with Crippen molar-refractivity contribution in [3.8, 4) is 0 Å². The maximum atomic E-state index is 11.7. The van der Waals surface area contributed by atoms with E-state index in [-0.39, 0.29) is 23.5 Å². The Hall–Kier alpha value is -2.68. The third kappa shape index (κ3) is 3.50. The number of H-pyrrole nitrogens is 1. The Morgan fingerprint density at radius 3 is 3.09 bits per heavy atom. The molecule has 0 unspecified atom stereocenters. The number of nitrogen functional groups attached to an aromatic ring is 1. The first kappa shape index (κ1) is 15.7. The quantitative estimate of drug-likeness (QED) is 0.612. The predicted octanol–water partition coefficient (Wildman–Crippen LogP) is -0.591. The molecular formula is C13H18N6O3. The van der Waals surface area contributed by atoms with Crippen LogP contribution in [0.3, 0.4) is 0 Å². The second kappa shape index (κ2) is 6.85. The number of nitrogens with one attached hydrogen (secondary N) is 2. The van der Waals surface area contributed by atoms with Crippen LogP contribution in [0.4, 0.5) is 5.95 Å². The van der Waals surface area contributed by atoms with Crippen LogP contribution in [0.15, 0.2) is 23.3 Å². The molecule has 9 heteroatoms. The highest BCUT2D eigenvalue weighted by atomic mass is 16.5. The van der Waals surface area contributed by atoms with Crippen molar-refractivity contribution in [3.63, 3.8) is 0 Å². The summed E-state index contributed by atoms with van der Waals surface area (Å²) >= 11 is 0. The average Bonchev–Trinajstić information content (AvgIpc) is 2.87. The number of fused-ring (bicyclic) bond motifs is 1. The van der Waals surface area contributed by atoms with Gasteiger partial charge in [-0.15, -0.1) is 0 Å². The van der Waals surface area contributed by atoms with Crippen LogP contribution >= 0.6 is 0 Å². The molecule has 0 aliphatic rings. The lowest BCUT2D eigenvalue weighted by atomic mass is 10.3. The van der Waals surface area contributed by atoms with Gasteiger partial charge in [-0.1, -0.05) is 6.08 Å². The Kier molecular flexibility index (Phi) is 4.89. The highest BCUT2D eigenvalue weighted by Crippen LogP contribution is 2.08. The lowest BCUT2D eigenvalue weighted by Crippen LogP contribution is -2.34. The third-order valence-corrected chi connectivity index (χ3v) is 3.05. The van der Waals surface area contributed by atoms with E-state index >= 15 is 0 Å². The summed E-state index contributed by atoms with van der Waals surface area (Å²) in [6, 6.07) is 0. The zero-order chi connectivity index (χ0) is 16.1. The number of carbonyl (C=O) groups excluding carboxylic acids is 1. The summed E-state index contributed by atoms with van der Waals surface area (Å²) in [6.45, 7) is 2.45. The molecule has 0 aliphatic heterocycles. The zero-order valence-electron chi connectivity index (χ0n) is 12.4. The molecule has 2 heterocycles. The second-order valence-electron chi connectivity index (χ2n) is 4.62. The number of amides is 1. The molecule has 0 saturated heterocycles. The van der Waals surface area contributed by atoms with Gasteiger partial charge in [0.15, 0.2) is 11.2 Å². The van der Waals surface area contributed by atoms with E-state index in [2.05, 4.69) is 20.3 Å². The first-order chi connectivity index (χ1) is 10.5. The summed E-state index contributed by atoms with van der Waals surface area (Å²) in [6.07, 6.45) is 4.28. The topological polar surface area (TPSA) is 128 Å². The van der Waals surface area contributed by atoms with Crippen LogP contribution in [0.2, 0.25) is 0 Å². The highest BCUT2D eigenvalue weighted by molar-refractivity contribution is 5.87. The van der Waals surface area contributed by atoms with Crippen molar-refractivity contribution in [2.45, 2.75) is 19.6 Å². The van der Waals surface area contributed by atoms with Crippen LogP contribution in [0.25, 0.3) is 11.2 Å². The van der Waals surface area contributed by atoms with Gasteiger partial charge >= 0.3 is 0 Å². The van der Waals surface area contributed by atoms with E-state index in [1.165, 1.54) is 12.4 Å². The predicted molar refractivity (Wildman–Crippen MR) is 81.2 cm³/mol. The second-order valence-corrected chi connectivity index (χ2v) is 4.62. The van der Waals surface area contributed by atoms with E-state index in [1.54, 1.807) is 24.7 Å². The number of aromatic amines is 1. The highest BCUT2D eigenvalue weighted by Gasteiger charge is 2.14. The van der Waals surface area contributed by atoms with Crippen molar-refractivity contribution in [2.24, 2.45) is 0 Å². The maximum Gasteiger partial charge on any atom is 0.280 e. The Bertz CT molecular complexity index is 748. The average molecular weight is 306 g/mol. The van der Waals surface area contributed by atoms with Crippen LogP contribution in [0, 0.1) is 0 Å². The summed E-state index contributed by atoms with van der Waals surface area (Å²) in [4.78, 5) is 33.6. The Morgan fingerprint density at radius 1 is 1.64 bits per heavy atom. The Morgan fingerprint density at radius 2 is 2.41 bits per heavy atom. The van der Waals surface area contributed by atoms with Crippen LogP contribution in [-0.4, -0.2) is 45.2 Å². The van der Waals surface area contributed by atoms with E-state index in [4.69, 9.17) is 10.5 Å². The number of carbonyl (C=O) groups is 1. The van der Waals surface area contributed by atoms with Gasteiger partial charge in [0.05, 0.1) is 19.0 Å². The van der Waals surface area contributed by atoms with Gasteiger partial charge in [0.2, 0.25) is 11.9 Å². The van der Waals surface area contributed by atoms with Crippen molar-refractivity contribution in [1.82, 2.24) is 24.8 Å². The molecule has 2 aromatic heterocycles. The first-order valence-electron chi connectivity index (χ1n) is 6.69. The number of nitrogens with zero attached hydrogens (tertiary/aromatic N) is 3. The zero-order valence-corrected chi connectivity index (χ0v) is 12.4. The summed E-state index contributed by atoms with van der Waals surface area (Å²) < 4.78 is 6.99. The molecule has 1 amide bonds. The van der Waals surface area contributed by atoms with Gasteiger partial charge in [0.1, 0.15) is 0 Å². The summed E-state index contributed by atoms with van der Waals surface area (Å²) in [5.41, 5.74) is 5.74. The number of anilines is 1. The van der Waals surface area contributed by atoms with Crippen molar-refractivity contribution in [2.75, 3.05) is 19.4 Å². The number of nitrogens with two attached hydrogens (primary N) is 1. The minimum absolute atomic E-state index is 0.0228. The normalized spacial score (nSPS) is 12.8. The van der Waals surface area contributed by atoms with Crippen LogP contribution in [0.5, 0.6) is 0 Å². The van der Waals surface area contributed by atoms with Gasteiger partial charge in [0.25, 0.3) is 5.56 Å². The maximum absolute atomic E-state index is 11.7. The molecule has 9 nitrogen and oxygen atoms in total. The van der Waals surface area contributed by atoms with E-state index in [9.17, 15) is 9.59 Å². The van der Waals surface area contributed by atoms with Crippen LogP contribution in [-0.2, 0) is 16.1 Å². The molecule has 0 spiro atoms. The number of imidazole rings is 1. The minimum atomic E-state index is -0.392. The fourth-order valence-electron chi connectivity index (χ4n) is 1.97. The fraction of sp³-hybridized carbons (Fsp3) is 0.385. The number of ether oxygens (including phenoxy) is 1. The van der Waals surface area contributed by atoms with E-state index in [1.807, 2.05) is 0 Å². The molecule has 0 radical (unpaired) electrons. The Labute approximate surface area is 126 Å². The number of methoxy groups -OCH3 is 1. The summed E-state index contributed by atoms with van der Waals surface area (Å²) in [5, 5.41) is 2.72. The van der Waals surface area contributed by atoms with Crippen LogP contribution < -0.4 is 16.6 Å². The SMILES string of the molecule is C/C=C\C(=O)NC[C@H](Cn1cnc2c(=O)[nH]c(N)nc21)OC. The lowest BCUT2D eigenvalue weighted by molar-refractivity contribution is -0.117. The molecule has 2 rings (SSSR count). The van der Waals surface area contributed by atoms with Crippen molar-refractivity contribution >= 4 is 23.0 Å². The molecule has 2 aromatic rings. The molecule has 0 saturated carbocycles. The molecule has 0 aromatic carbocycles. The van der Waals surface area contributed by atoms with Gasteiger partial charge in [0, 0.05) is 13.7 Å². The number of hydrogen-bond acceptors (Lipinski definition) is 6. The molecule has 4 N–H and O–H groups in total. The largest absolute Gasteiger partial charge is 0.378 e. The molecule has 1 atom stereocenters. The van der Waals surface area contributed by atoms with E-state index in [0.29, 0.717) is 18.7 Å². The smallest absolute Gasteiger partial charge is 0.280 e. The molecule has 0 fully saturated rings. The van der Waals surface area contributed by atoms with Gasteiger partial charge < -0.3 is 20.4 Å². The molecule has 0 bridgehead atoms. The molecule has 0 aliphatic carbocycles. The van der Waals surface area contributed by atoms with Gasteiger partial charge in [-0.2, -0.15) is 4.98 Å². The fourth-order valence-corrected chi connectivity index (χ4v) is 1.97. The monoisotopic (exact) mass is 306 g/mol. The summed E-state index contributed by atoms with van der Waals surface area (Å²) in [7, 11) is 1.54.